The summed E-state index contributed by atoms with van der Waals surface area (Å²) in [6.45, 7) is 16.4. The van der Waals surface area contributed by atoms with Crippen LogP contribution in [0.2, 0.25) is 0 Å². The molecular formula is C25H35BO3Si. The fourth-order valence-electron chi connectivity index (χ4n) is 4.03. The third-order valence-electron chi connectivity index (χ3n) is 6.92. The Morgan fingerprint density at radius 1 is 0.867 bits per heavy atom. The molecule has 1 saturated heterocycles. The van der Waals surface area contributed by atoms with E-state index < -0.39 is 31.7 Å². The highest BCUT2D eigenvalue weighted by molar-refractivity contribution is 7.37. The Balaban J connectivity index is 2.30. The molecule has 1 aliphatic heterocycles. The number of benzene rings is 2. The van der Waals surface area contributed by atoms with Crippen LogP contribution in [0.3, 0.4) is 0 Å². The first-order chi connectivity index (χ1) is 14.2. The molecule has 30 heavy (non-hydrogen) atoms. The average molecular weight is 422 g/mol. The molecule has 0 amide bonds. The van der Waals surface area contributed by atoms with Gasteiger partial charge in [0.25, 0.3) is 8.19 Å². The lowest BCUT2D eigenvalue weighted by atomic mass is 9.90. The van der Waals surface area contributed by atoms with Crippen LogP contribution in [0.15, 0.2) is 73.3 Å². The van der Waals surface area contributed by atoms with Gasteiger partial charge in [0.2, 0.25) is 0 Å². The highest BCUT2D eigenvalue weighted by Gasteiger charge is 2.65. The lowest BCUT2D eigenvalue weighted by Crippen LogP contribution is -2.74. The highest BCUT2D eigenvalue weighted by atomic mass is 28.3. The smallest absolute Gasteiger partial charge is 0.404 e. The van der Waals surface area contributed by atoms with Crippen LogP contribution in [-0.4, -0.2) is 31.7 Å². The van der Waals surface area contributed by atoms with Gasteiger partial charge in [0.1, 0.15) is 0 Å². The van der Waals surface area contributed by atoms with Gasteiger partial charge < -0.3 is 13.7 Å². The summed E-state index contributed by atoms with van der Waals surface area (Å²) in [5.74, 6) is 0. The summed E-state index contributed by atoms with van der Waals surface area (Å²) in [4.78, 5) is 0. The third-order valence-corrected chi connectivity index (χ3v) is 10.9. The van der Waals surface area contributed by atoms with Crippen molar-refractivity contribution in [3.8, 4) is 0 Å². The van der Waals surface area contributed by atoms with Gasteiger partial charge in [-0.05, 0) is 50.9 Å². The Hall–Kier alpha value is -1.66. The largest absolute Gasteiger partial charge is 0.479 e. The summed E-state index contributed by atoms with van der Waals surface area (Å²) in [6, 6.07) is 21.0. The minimum atomic E-state index is -3.01. The molecule has 2 aromatic carbocycles. The maximum Gasteiger partial charge on any atom is 0.479 e. The van der Waals surface area contributed by atoms with Crippen molar-refractivity contribution in [1.29, 1.82) is 0 Å². The van der Waals surface area contributed by atoms with Gasteiger partial charge in [-0.2, -0.15) is 0 Å². The first-order valence-electron chi connectivity index (χ1n) is 11.0. The minimum absolute atomic E-state index is 0.446. The van der Waals surface area contributed by atoms with Gasteiger partial charge in [0.05, 0.1) is 16.8 Å². The van der Waals surface area contributed by atoms with Crippen molar-refractivity contribution in [2.75, 3.05) is 0 Å². The zero-order valence-electron chi connectivity index (χ0n) is 19.3. The molecule has 2 aromatic rings. The average Bonchev–Trinajstić information content (AvgIpc) is 2.98. The summed E-state index contributed by atoms with van der Waals surface area (Å²) in [5.41, 5.74) is -1.35. The second-order valence-electron chi connectivity index (χ2n) is 9.13. The van der Waals surface area contributed by atoms with E-state index in [4.69, 9.17) is 13.7 Å². The maximum atomic E-state index is 7.29. The number of hydrogen-bond donors (Lipinski definition) is 0. The standard InChI is InChI=1S/C25H35BO3Si/c1-8-25(9-2,10-3)29-30(21-17-13-11-14-18-21,22-19-15-12-16-20-22)26-27-23(4,5)24(6,7)28-26/h8,11-20H,1,9-10H2,2-7H3. The van der Waals surface area contributed by atoms with Crippen LogP contribution in [0.1, 0.15) is 54.4 Å². The number of hydrogen-bond acceptors (Lipinski definition) is 3. The van der Waals surface area contributed by atoms with E-state index in [0.29, 0.717) is 0 Å². The molecule has 0 spiro atoms. The molecule has 1 aliphatic rings. The maximum absolute atomic E-state index is 7.29. The Labute approximate surface area is 183 Å². The third kappa shape index (κ3) is 3.84. The van der Waals surface area contributed by atoms with Crippen LogP contribution in [0, 0.1) is 0 Å². The first kappa shape index (κ1) is 23.0. The molecule has 0 radical (unpaired) electrons. The van der Waals surface area contributed by atoms with E-state index in [1.54, 1.807) is 0 Å². The normalized spacial score (nSPS) is 18.4. The first-order valence-corrected chi connectivity index (χ1v) is 13.0. The van der Waals surface area contributed by atoms with Crippen LogP contribution in [0.5, 0.6) is 0 Å². The van der Waals surface area contributed by atoms with E-state index >= 15 is 0 Å². The topological polar surface area (TPSA) is 27.7 Å². The second-order valence-corrected chi connectivity index (χ2v) is 12.4. The van der Waals surface area contributed by atoms with Crippen molar-refractivity contribution < 1.29 is 13.7 Å². The van der Waals surface area contributed by atoms with Crippen LogP contribution in [-0.2, 0) is 13.7 Å². The molecule has 0 saturated carbocycles. The highest BCUT2D eigenvalue weighted by Crippen LogP contribution is 2.41. The SMILES string of the molecule is C=CC(CC)(CC)O[Si](B1OC(C)(C)C(C)(C)O1)(c1ccccc1)c1ccccc1. The lowest BCUT2D eigenvalue weighted by Gasteiger charge is -2.42. The molecule has 0 aromatic heterocycles. The van der Waals surface area contributed by atoms with E-state index in [0.717, 1.165) is 23.2 Å². The monoisotopic (exact) mass is 422 g/mol. The molecule has 5 heteroatoms. The molecule has 1 heterocycles. The van der Waals surface area contributed by atoms with Gasteiger partial charge >= 0.3 is 6.71 Å². The van der Waals surface area contributed by atoms with E-state index in [2.05, 4.69) is 96.7 Å². The van der Waals surface area contributed by atoms with Crippen molar-refractivity contribution in [1.82, 2.24) is 0 Å². The predicted octanol–water partition coefficient (Wildman–Crippen LogP) is 4.68. The van der Waals surface area contributed by atoms with Crippen molar-refractivity contribution in [3.63, 3.8) is 0 Å². The molecule has 3 rings (SSSR count). The van der Waals surface area contributed by atoms with Gasteiger partial charge in [-0.25, -0.2) is 0 Å². The van der Waals surface area contributed by atoms with Gasteiger partial charge in [-0.15, -0.1) is 6.58 Å². The Kier molecular flexibility index (Phi) is 6.49. The minimum Gasteiger partial charge on any atom is -0.404 e. The molecule has 0 unspecified atom stereocenters. The van der Waals surface area contributed by atoms with E-state index in [1.807, 2.05) is 18.2 Å². The zero-order valence-corrected chi connectivity index (χ0v) is 20.3. The Bertz CT molecular complexity index is 792. The van der Waals surface area contributed by atoms with Gasteiger partial charge in [0.15, 0.2) is 0 Å². The molecule has 160 valence electrons. The quantitative estimate of drug-likeness (QED) is 0.457. The Morgan fingerprint density at radius 2 is 1.27 bits per heavy atom. The van der Waals surface area contributed by atoms with Crippen LogP contribution < -0.4 is 10.4 Å². The van der Waals surface area contributed by atoms with Crippen molar-refractivity contribution in [2.24, 2.45) is 0 Å². The Morgan fingerprint density at radius 3 is 1.60 bits per heavy atom. The summed E-state index contributed by atoms with van der Waals surface area (Å²) in [5, 5.41) is 2.28. The fourth-order valence-corrected chi connectivity index (χ4v) is 8.55. The summed E-state index contributed by atoms with van der Waals surface area (Å²) < 4.78 is 20.7. The van der Waals surface area contributed by atoms with E-state index in [9.17, 15) is 0 Å². The molecule has 0 N–H and O–H groups in total. The van der Waals surface area contributed by atoms with Crippen LogP contribution in [0.25, 0.3) is 0 Å². The zero-order chi connectivity index (χ0) is 22.0. The van der Waals surface area contributed by atoms with Gasteiger partial charge in [0, 0.05) is 0 Å². The summed E-state index contributed by atoms with van der Waals surface area (Å²) in [6.07, 6.45) is 3.63. The van der Waals surface area contributed by atoms with Crippen molar-refractivity contribution in [3.05, 3.63) is 73.3 Å². The van der Waals surface area contributed by atoms with Gasteiger partial charge in [-0.3, -0.25) is 0 Å². The van der Waals surface area contributed by atoms with Crippen molar-refractivity contribution >= 4 is 25.3 Å². The molecule has 1 fully saturated rings. The second kappa shape index (κ2) is 8.47. The van der Waals surface area contributed by atoms with Gasteiger partial charge in [-0.1, -0.05) is 80.6 Å². The van der Waals surface area contributed by atoms with Crippen molar-refractivity contribution in [2.45, 2.75) is 71.2 Å². The summed E-state index contributed by atoms with van der Waals surface area (Å²) in [7, 11) is -3.01. The van der Waals surface area contributed by atoms with E-state index in [1.165, 1.54) is 0 Å². The molecule has 3 nitrogen and oxygen atoms in total. The van der Waals surface area contributed by atoms with Crippen LogP contribution >= 0.6 is 0 Å². The molecule has 0 bridgehead atoms. The number of rotatable bonds is 8. The molecular weight excluding hydrogens is 387 g/mol. The fraction of sp³-hybridized carbons (Fsp3) is 0.440. The predicted molar refractivity (Wildman–Crippen MR) is 129 cm³/mol. The molecule has 0 atom stereocenters. The summed E-state index contributed by atoms with van der Waals surface area (Å²) >= 11 is 0. The van der Waals surface area contributed by atoms with Crippen LogP contribution in [0.4, 0.5) is 0 Å². The molecule has 0 aliphatic carbocycles. The van der Waals surface area contributed by atoms with E-state index in [-0.39, 0.29) is 0 Å². The lowest BCUT2D eigenvalue weighted by molar-refractivity contribution is 0.00578.